The van der Waals surface area contributed by atoms with Crippen LogP contribution in [0.15, 0.2) is 158 Å². The Morgan fingerprint density at radius 2 is 1.04 bits per heavy atom. The fraction of sp³-hybridized carbons (Fsp3) is 0. The van der Waals surface area contributed by atoms with Gasteiger partial charge in [0.15, 0.2) is 0 Å². The van der Waals surface area contributed by atoms with Crippen LogP contribution in [0.4, 0.5) is 0 Å². The van der Waals surface area contributed by atoms with Crippen molar-refractivity contribution in [2.24, 2.45) is 0 Å². The molecule has 4 heteroatoms. The Labute approximate surface area is 265 Å². The first-order valence-electron chi connectivity index (χ1n) is 15.4. The normalized spacial score (nSPS) is 11.5. The van der Waals surface area contributed by atoms with Gasteiger partial charge in [0.2, 0.25) is 0 Å². The van der Waals surface area contributed by atoms with E-state index in [1.807, 2.05) is 36.5 Å². The quantitative estimate of drug-likeness (QED) is 0.193. The summed E-state index contributed by atoms with van der Waals surface area (Å²) in [7, 11) is 0. The van der Waals surface area contributed by atoms with Gasteiger partial charge >= 0.3 is 0 Å². The van der Waals surface area contributed by atoms with Crippen molar-refractivity contribution in [2.75, 3.05) is 0 Å². The van der Waals surface area contributed by atoms with Crippen LogP contribution < -0.4 is 0 Å². The molecule has 4 heterocycles. The van der Waals surface area contributed by atoms with Gasteiger partial charge in [-0.05, 0) is 47.5 Å². The molecule has 0 amide bonds. The number of pyridine rings is 4. The lowest BCUT2D eigenvalue weighted by molar-refractivity contribution is 1.31. The summed E-state index contributed by atoms with van der Waals surface area (Å²) in [5.74, 6) is 0. The van der Waals surface area contributed by atoms with E-state index in [0.29, 0.717) is 0 Å². The molecular weight excluding hydrogens is 560 g/mol. The highest BCUT2D eigenvalue weighted by Gasteiger charge is 2.15. The third-order valence-electron chi connectivity index (χ3n) is 8.72. The van der Waals surface area contributed by atoms with Gasteiger partial charge in [0.1, 0.15) is 0 Å². The summed E-state index contributed by atoms with van der Waals surface area (Å²) in [6.45, 7) is 0. The number of rotatable bonds is 4. The standard InChI is InChI=1S/C42H26N4/c1-2-9-27(10-3-1)36-22-20-28-18-19-29-21-23-37(45-42(29)41(28)44-36)31-12-6-11-30(25-31)33-15-7-16-35-39(33)34-14-4-5-17-38(34)46-40(35)32-13-8-24-43-26-32/h1-26H. The molecule has 214 valence electrons. The van der Waals surface area contributed by atoms with Crippen molar-refractivity contribution in [1.82, 2.24) is 19.9 Å². The topological polar surface area (TPSA) is 51.6 Å². The number of aromatic nitrogens is 4. The molecule has 4 nitrogen and oxygen atoms in total. The summed E-state index contributed by atoms with van der Waals surface area (Å²) in [6, 6.07) is 50.6. The monoisotopic (exact) mass is 586 g/mol. The predicted molar refractivity (Wildman–Crippen MR) is 189 cm³/mol. The van der Waals surface area contributed by atoms with E-state index in [2.05, 4.69) is 120 Å². The van der Waals surface area contributed by atoms with E-state index in [1.165, 1.54) is 5.39 Å². The number of para-hydroxylation sites is 1. The van der Waals surface area contributed by atoms with Gasteiger partial charge < -0.3 is 0 Å². The number of hydrogen-bond acceptors (Lipinski definition) is 4. The van der Waals surface area contributed by atoms with Gasteiger partial charge in [-0.25, -0.2) is 15.0 Å². The van der Waals surface area contributed by atoms with Crippen LogP contribution in [-0.4, -0.2) is 19.9 Å². The van der Waals surface area contributed by atoms with E-state index < -0.39 is 0 Å². The molecule has 5 aromatic carbocycles. The van der Waals surface area contributed by atoms with Crippen LogP contribution in [0.25, 0.3) is 88.4 Å². The molecule has 4 aromatic heterocycles. The van der Waals surface area contributed by atoms with Crippen LogP contribution in [0.3, 0.4) is 0 Å². The Bertz CT molecular complexity index is 2580. The van der Waals surface area contributed by atoms with Gasteiger partial charge in [-0.15, -0.1) is 0 Å². The van der Waals surface area contributed by atoms with Crippen LogP contribution in [0, 0.1) is 0 Å². The van der Waals surface area contributed by atoms with Crippen molar-refractivity contribution in [3.63, 3.8) is 0 Å². The number of fused-ring (bicyclic) bond motifs is 6. The molecule has 0 saturated carbocycles. The molecule has 0 unspecified atom stereocenters. The van der Waals surface area contributed by atoms with Gasteiger partial charge in [-0.3, -0.25) is 4.98 Å². The van der Waals surface area contributed by atoms with E-state index >= 15 is 0 Å². The second kappa shape index (κ2) is 10.7. The van der Waals surface area contributed by atoms with Crippen LogP contribution in [0.2, 0.25) is 0 Å². The van der Waals surface area contributed by atoms with E-state index in [4.69, 9.17) is 15.0 Å². The minimum absolute atomic E-state index is 0.904. The van der Waals surface area contributed by atoms with Gasteiger partial charge in [0, 0.05) is 56.0 Å². The minimum Gasteiger partial charge on any atom is -0.264 e. The number of benzene rings is 5. The predicted octanol–water partition coefficient (Wildman–Crippen LogP) is 10.5. The highest BCUT2D eigenvalue weighted by Crippen LogP contribution is 2.39. The zero-order valence-corrected chi connectivity index (χ0v) is 24.8. The second-order valence-corrected chi connectivity index (χ2v) is 11.5. The zero-order valence-electron chi connectivity index (χ0n) is 24.8. The van der Waals surface area contributed by atoms with Crippen molar-refractivity contribution in [2.45, 2.75) is 0 Å². The molecule has 0 aliphatic carbocycles. The first kappa shape index (κ1) is 26.2. The lowest BCUT2D eigenvalue weighted by atomic mass is 9.92. The molecule has 0 saturated heterocycles. The molecular formula is C42H26N4. The molecule has 0 N–H and O–H groups in total. The van der Waals surface area contributed by atoms with E-state index in [-0.39, 0.29) is 0 Å². The average molecular weight is 587 g/mol. The Morgan fingerprint density at radius 1 is 0.413 bits per heavy atom. The van der Waals surface area contributed by atoms with E-state index in [1.54, 1.807) is 6.20 Å². The van der Waals surface area contributed by atoms with Crippen LogP contribution in [-0.2, 0) is 0 Å². The van der Waals surface area contributed by atoms with Gasteiger partial charge in [0.25, 0.3) is 0 Å². The summed E-state index contributed by atoms with van der Waals surface area (Å²) in [5, 5.41) is 5.55. The summed E-state index contributed by atoms with van der Waals surface area (Å²) in [4.78, 5) is 19.8. The fourth-order valence-electron chi connectivity index (χ4n) is 6.51. The zero-order chi connectivity index (χ0) is 30.5. The lowest BCUT2D eigenvalue weighted by Crippen LogP contribution is -1.93. The third-order valence-corrected chi connectivity index (χ3v) is 8.72. The molecule has 0 atom stereocenters. The molecule has 0 aliphatic heterocycles. The van der Waals surface area contributed by atoms with Crippen molar-refractivity contribution in [1.29, 1.82) is 0 Å². The van der Waals surface area contributed by atoms with E-state index in [9.17, 15) is 0 Å². The Balaban J connectivity index is 1.22. The molecule has 9 rings (SSSR count). The van der Waals surface area contributed by atoms with Crippen molar-refractivity contribution in [3.05, 3.63) is 158 Å². The van der Waals surface area contributed by atoms with Gasteiger partial charge in [0.05, 0.1) is 33.6 Å². The molecule has 9 aromatic rings. The van der Waals surface area contributed by atoms with E-state index in [0.717, 1.165) is 83.0 Å². The van der Waals surface area contributed by atoms with Crippen LogP contribution in [0.1, 0.15) is 0 Å². The Hall–Kier alpha value is -6.26. The Kier molecular flexibility index (Phi) is 6.10. The minimum atomic E-state index is 0.904. The summed E-state index contributed by atoms with van der Waals surface area (Å²) in [6.07, 6.45) is 3.68. The van der Waals surface area contributed by atoms with Crippen molar-refractivity contribution >= 4 is 43.5 Å². The smallest absolute Gasteiger partial charge is 0.0972 e. The van der Waals surface area contributed by atoms with Crippen molar-refractivity contribution < 1.29 is 0 Å². The maximum Gasteiger partial charge on any atom is 0.0972 e. The highest BCUT2D eigenvalue weighted by molar-refractivity contribution is 6.17. The SMILES string of the molecule is c1ccc(-c2ccc3ccc4ccc(-c5cccc(-c6cccc7c(-c8cccnc8)nc8ccccc8c67)c5)nc4c3n2)cc1. The first-order valence-corrected chi connectivity index (χ1v) is 15.4. The summed E-state index contributed by atoms with van der Waals surface area (Å²) < 4.78 is 0. The molecule has 0 aliphatic rings. The van der Waals surface area contributed by atoms with Gasteiger partial charge in [-0.1, -0.05) is 109 Å². The molecule has 0 spiro atoms. The summed E-state index contributed by atoms with van der Waals surface area (Å²) in [5.41, 5.74) is 11.0. The largest absolute Gasteiger partial charge is 0.264 e. The van der Waals surface area contributed by atoms with Gasteiger partial charge in [-0.2, -0.15) is 0 Å². The molecule has 0 radical (unpaired) electrons. The Morgan fingerprint density at radius 3 is 1.83 bits per heavy atom. The molecule has 0 fully saturated rings. The number of nitrogens with zero attached hydrogens (tertiary/aromatic N) is 4. The lowest BCUT2D eigenvalue weighted by Gasteiger charge is -2.14. The number of hydrogen-bond donors (Lipinski definition) is 0. The second-order valence-electron chi connectivity index (χ2n) is 11.5. The molecule has 46 heavy (non-hydrogen) atoms. The average Bonchev–Trinajstić information content (AvgIpc) is 3.14. The van der Waals surface area contributed by atoms with Crippen LogP contribution >= 0.6 is 0 Å². The third kappa shape index (κ3) is 4.39. The fourth-order valence-corrected chi connectivity index (χ4v) is 6.51. The maximum absolute atomic E-state index is 5.23. The maximum atomic E-state index is 5.23. The van der Waals surface area contributed by atoms with Crippen LogP contribution in [0.5, 0.6) is 0 Å². The molecule has 0 bridgehead atoms. The first-order chi connectivity index (χ1) is 22.8. The summed E-state index contributed by atoms with van der Waals surface area (Å²) >= 11 is 0. The highest BCUT2D eigenvalue weighted by atomic mass is 14.8. The van der Waals surface area contributed by atoms with Crippen molar-refractivity contribution in [3.8, 4) is 44.9 Å².